The lowest BCUT2D eigenvalue weighted by molar-refractivity contribution is 0.0438. The third-order valence-corrected chi connectivity index (χ3v) is 4.46. The molecule has 0 bridgehead atoms. The van der Waals surface area contributed by atoms with Crippen molar-refractivity contribution in [2.75, 3.05) is 0 Å². The van der Waals surface area contributed by atoms with Crippen molar-refractivity contribution in [2.24, 2.45) is 0 Å². The Balaban J connectivity index is 1.38. The van der Waals surface area contributed by atoms with Gasteiger partial charge in [-0.05, 0) is 59.7 Å². The quantitative estimate of drug-likeness (QED) is 0.463. The number of halogens is 1. The van der Waals surface area contributed by atoms with Gasteiger partial charge in [-0.1, -0.05) is 35.9 Å². The highest BCUT2D eigenvalue weighted by Gasteiger charge is 2.13. The van der Waals surface area contributed by atoms with E-state index in [0.29, 0.717) is 16.5 Å². The Labute approximate surface area is 171 Å². The van der Waals surface area contributed by atoms with Crippen molar-refractivity contribution < 1.29 is 19.1 Å². The summed E-state index contributed by atoms with van der Waals surface area (Å²) in [4.78, 5) is 12.3. The van der Waals surface area contributed by atoms with E-state index in [2.05, 4.69) is 10.2 Å². The van der Waals surface area contributed by atoms with E-state index in [1.54, 1.807) is 60.7 Å². The van der Waals surface area contributed by atoms with Crippen LogP contribution in [0.1, 0.15) is 16.2 Å². The van der Waals surface area contributed by atoms with Gasteiger partial charge in [-0.2, -0.15) is 0 Å². The number of phenolic OH excluding ortho intramolecular Hbond substituents is 1. The first-order chi connectivity index (χ1) is 14.1. The minimum atomic E-state index is -0.492. The van der Waals surface area contributed by atoms with Gasteiger partial charge in [-0.25, -0.2) is 4.79 Å². The van der Waals surface area contributed by atoms with Gasteiger partial charge in [0.15, 0.2) is 6.61 Å². The Morgan fingerprint density at radius 2 is 1.45 bits per heavy atom. The Bertz CT molecular complexity index is 1120. The fourth-order valence-electron chi connectivity index (χ4n) is 2.68. The zero-order valence-corrected chi connectivity index (χ0v) is 15.8. The topological polar surface area (TPSA) is 85.5 Å². The van der Waals surface area contributed by atoms with Crippen LogP contribution in [-0.4, -0.2) is 21.3 Å². The molecule has 0 aliphatic rings. The van der Waals surface area contributed by atoms with E-state index in [1.807, 2.05) is 12.1 Å². The molecule has 0 spiro atoms. The van der Waals surface area contributed by atoms with Gasteiger partial charge in [0.2, 0.25) is 5.89 Å². The number of aromatic hydroxyl groups is 1. The summed E-state index contributed by atoms with van der Waals surface area (Å²) in [5.74, 6) is 0.234. The van der Waals surface area contributed by atoms with Crippen LogP contribution in [0.5, 0.6) is 5.75 Å². The van der Waals surface area contributed by atoms with Crippen molar-refractivity contribution in [1.82, 2.24) is 10.2 Å². The van der Waals surface area contributed by atoms with Crippen molar-refractivity contribution in [2.45, 2.75) is 6.61 Å². The summed E-state index contributed by atoms with van der Waals surface area (Å²) < 4.78 is 10.8. The Morgan fingerprint density at radius 3 is 2.10 bits per heavy atom. The van der Waals surface area contributed by atoms with Gasteiger partial charge in [-0.3, -0.25) is 0 Å². The van der Waals surface area contributed by atoms with Crippen LogP contribution in [0, 0.1) is 0 Å². The molecular formula is C22H15ClN2O4. The van der Waals surface area contributed by atoms with Gasteiger partial charge in [0, 0.05) is 10.6 Å². The molecule has 1 aromatic heterocycles. The van der Waals surface area contributed by atoms with Gasteiger partial charge in [0.1, 0.15) is 5.75 Å². The summed E-state index contributed by atoms with van der Waals surface area (Å²) in [6.45, 7) is -0.126. The van der Waals surface area contributed by atoms with Crippen LogP contribution in [0.15, 0.2) is 77.2 Å². The zero-order valence-electron chi connectivity index (χ0n) is 15.1. The fourth-order valence-corrected chi connectivity index (χ4v) is 2.81. The fraction of sp³-hybridized carbons (Fsp3) is 0.0455. The van der Waals surface area contributed by atoms with Crippen LogP contribution in [0.4, 0.5) is 0 Å². The molecule has 0 fully saturated rings. The minimum absolute atomic E-state index is 0.126. The van der Waals surface area contributed by atoms with Gasteiger partial charge < -0.3 is 14.3 Å². The first kappa shape index (κ1) is 18.7. The molecule has 0 saturated carbocycles. The monoisotopic (exact) mass is 406 g/mol. The zero-order chi connectivity index (χ0) is 20.2. The maximum Gasteiger partial charge on any atom is 0.338 e. The molecule has 6 nitrogen and oxygen atoms in total. The van der Waals surface area contributed by atoms with Gasteiger partial charge >= 0.3 is 5.97 Å². The Morgan fingerprint density at radius 1 is 0.862 bits per heavy atom. The molecule has 0 atom stereocenters. The normalized spacial score (nSPS) is 10.7. The maximum absolute atomic E-state index is 12.3. The number of esters is 1. The highest BCUT2D eigenvalue weighted by molar-refractivity contribution is 6.30. The average molecular weight is 407 g/mol. The second-order valence-corrected chi connectivity index (χ2v) is 6.64. The molecule has 0 unspecified atom stereocenters. The largest absolute Gasteiger partial charge is 0.508 e. The molecule has 0 aliphatic carbocycles. The summed E-state index contributed by atoms with van der Waals surface area (Å²) in [6.07, 6.45) is 0. The van der Waals surface area contributed by atoms with E-state index in [-0.39, 0.29) is 18.2 Å². The summed E-state index contributed by atoms with van der Waals surface area (Å²) in [7, 11) is 0. The lowest BCUT2D eigenvalue weighted by Crippen LogP contribution is -2.05. The molecule has 1 N–H and O–H groups in total. The number of ether oxygens (including phenoxy) is 1. The first-order valence-electron chi connectivity index (χ1n) is 8.73. The molecule has 3 aromatic carbocycles. The summed E-state index contributed by atoms with van der Waals surface area (Å²) in [5.41, 5.74) is 2.99. The van der Waals surface area contributed by atoms with Crippen LogP contribution in [-0.2, 0) is 11.3 Å². The lowest BCUT2D eigenvalue weighted by atomic mass is 10.0. The van der Waals surface area contributed by atoms with Crippen LogP contribution in [0.3, 0.4) is 0 Å². The molecule has 0 aliphatic heterocycles. The maximum atomic E-state index is 12.3. The molecule has 29 heavy (non-hydrogen) atoms. The van der Waals surface area contributed by atoms with E-state index < -0.39 is 5.97 Å². The first-order valence-corrected chi connectivity index (χ1v) is 9.11. The van der Waals surface area contributed by atoms with Crippen molar-refractivity contribution in [3.63, 3.8) is 0 Å². The highest BCUT2D eigenvalue weighted by atomic mass is 35.5. The van der Waals surface area contributed by atoms with Crippen LogP contribution in [0.25, 0.3) is 22.6 Å². The Kier molecular flexibility index (Phi) is 5.27. The molecular weight excluding hydrogens is 392 g/mol. The predicted molar refractivity (Wildman–Crippen MR) is 107 cm³/mol. The van der Waals surface area contributed by atoms with Crippen molar-refractivity contribution in [3.8, 4) is 28.3 Å². The number of hydrogen-bond acceptors (Lipinski definition) is 6. The smallest absolute Gasteiger partial charge is 0.338 e. The van der Waals surface area contributed by atoms with Crippen molar-refractivity contribution >= 4 is 17.6 Å². The third-order valence-electron chi connectivity index (χ3n) is 4.21. The number of benzene rings is 3. The average Bonchev–Trinajstić information content (AvgIpc) is 3.22. The molecule has 7 heteroatoms. The van der Waals surface area contributed by atoms with E-state index in [9.17, 15) is 9.90 Å². The molecule has 0 radical (unpaired) electrons. The van der Waals surface area contributed by atoms with E-state index in [0.717, 1.165) is 16.7 Å². The number of aromatic nitrogens is 2. The minimum Gasteiger partial charge on any atom is -0.508 e. The highest BCUT2D eigenvalue weighted by Crippen LogP contribution is 2.23. The number of carbonyl (C=O) groups is 1. The van der Waals surface area contributed by atoms with E-state index >= 15 is 0 Å². The molecule has 4 aromatic rings. The number of phenols is 1. The summed E-state index contributed by atoms with van der Waals surface area (Å²) in [5, 5.41) is 17.8. The molecule has 0 amide bonds. The van der Waals surface area contributed by atoms with E-state index in [1.165, 1.54) is 0 Å². The van der Waals surface area contributed by atoms with Gasteiger partial charge in [0.05, 0.1) is 5.56 Å². The second kappa shape index (κ2) is 8.16. The van der Waals surface area contributed by atoms with Crippen molar-refractivity contribution in [3.05, 3.63) is 89.3 Å². The van der Waals surface area contributed by atoms with Gasteiger partial charge in [-0.15, -0.1) is 10.2 Å². The number of nitrogens with zero attached hydrogens (tertiary/aromatic N) is 2. The molecule has 144 valence electrons. The lowest BCUT2D eigenvalue weighted by Gasteiger charge is -2.05. The number of rotatable bonds is 5. The molecule has 0 saturated heterocycles. The van der Waals surface area contributed by atoms with Crippen LogP contribution in [0.2, 0.25) is 5.02 Å². The number of carbonyl (C=O) groups excluding carboxylic acids is 1. The third kappa shape index (κ3) is 4.44. The number of hydrogen-bond donors (Lipinski definition) is 1. The summed E-state index contributed by atoms with van der Waals surface area (Å²) >= 11 is 5.86. The van der Waals surface area contributed by atoms with Crippen LogP contribution < -0.4 is 0 Å². The molecule has 1 heterocycles. The molecule has 4 rings (SSSR count). The summed E-state index contributed by atoms with van der Waals surface area (Å²) in [6, 6.07) is 20.8. The van der Waals surface area contributed by atoms with Gasteiger partial charge in [0.25, 0.3) is 5.89 Å². The van der Waals surface area contributed by atoms with Crippen LogP contribution >= 0.6 is 11.6 Å². The standard InChI is InChI=1S/C22H15ClN2O4/c23-18-9-5-16(6-10-18)21-25-24-20(29-21)13-28-22(27)17-3-1-14(2-4-17)15-7-11-19(26)12-8-15/h1-12,26H,13H2. The second-order valence-electron chi connectivity index (χ2n) is 6.21. The van der Waals surface area contributed by atoms with Crippen molar-refractivity contribution in [1.29, 1.82) is 0 Å². The SMILES string of the molecule is O=C(OCc1nnc(-c2ccc(Cl)cc2)o1)c1ccc(-c2ccc(O)cc2)cc1. The predicted octanol–water partition coefficient (Wildman–Crippen LogP) is 5.12. The Hall–Kier alpha value is -3.64. The van der Waals surface area contributed by atoms with E-state index in [4.69, 9.17) is 20.8 Å².